The lowest BCUT2D eigenvalue weighted by molar-refractivity contribution is -0.117. The first-order valence-corrected chi connectivity index (χ1v) is 9.17. The number of hydrogen-bond donors (Lipinski definition) is 0. The van der Waals surface area contributed by atoms with Crippen LogP contribution in [0.25, 0.3) is 0 Å². The minimum atomic E-state index is -0.164. The van der Waals surface area contributed by atoms with Crippen LogP contribution in [0.15, 0.2) is 78.9 Å². The highest BCUT2D eigenvalue weighted by atomic mass is 35.5. The fourth-order valence-electron chi connectivity index (χ4n) is 2.68. The Morgan fingerprint density at radius 3 is 1.89 bits per heavy atom. The minimum absolute atomic E-state index is 0.0606. The van der Waals surface area contributed by atoms with Crippen molar-refractivity contribution < 1.29 is 9.59 Å². The summed E-state index contributed by atoms with van der Waals surface area (Å²) in [5.41, 5.74) is 2.02. The minimum Gasteiger partial charge on any atom is -0.304 e. The number of rotatable bonds is 6. The van der Waals surface area contributed by atoms with Crippen molar-refractivity contribution in [3.63, 3.8) is 0 Å². The third kappa shape index (κ3) is 5.19. The summed E-state index contributed by atoms with van der Waals surface area (Å²) in [6, 6.07) is 23.0. The number of halogens is 2. The van der Waals surface area contributed by atoms with Gasteiger partial charge in [-0.2, -0.15) is 0 Å². The summed E-state index contributed by atoms with van der Waals surface area (Å²) in [5, 5.41) is 1.12. The second kappa shape index (κ2) is 8.85. The Morgan fingerprint density at radius 1 is 0.741 bits per heavy atom. The van der Waals surface area contributed by atoms with Gasteiger partial charge in [-0.1, -0.05) is 53.5 Å². The van der Waals surface area contributed by atoms with Crippen LogP contribution in [0.5, 0.6) is 0 Å². The maximum absolute atomic E-state index is 12.9. The maximum atomic E-state index is 12.9. The number of ketones is 1. The molecule has 3 rings (SSSR count). The average molecular weight is 398 g/mol. The zero-order valence-corrected chi connectivity index (χ0v) is 16.0. The molecule has 136 valence electrons. The number of nitrogens with zero attached hydrogens (tertiary/aromatic N) is 1. The summed E-state index contributed by atoms with van der Waals surface area (Å²) in [7, 11) is 0. The Labute approximate surface area is 168 Å². The van der Waals surface area contributed by atoms with Crippen molar-refractivity contribution >= 4 is 40.6 Å². The molecular formula is C22H17Cl2NO2. The zero-order valence-electron chi connectivity index (χ0n) is 14.4. The van der Waals surface area contributed by atoms with E-state index in [2.05, 4.69) is 0 Å². The van der Waals surface area contributed by atoms with E-state index < -0.39 is 0 Å². The highest BCUT2D eigenvalue weighted by Gasteiger charge is 2.20. The van der Waals surface area contributed by atoms with Crippen molar-refractivity contribution in [3.8, 4) is 0 Å². The third-order valence-corrected chi connectivity index (χ3v) is 4.61. The predicted octanol–water partition coefficient (Wildman–Crippen LogP) is 5.45. The summed E-state index contributed by atoms with van der Waals surface area (Å²) >= 11 is 11.8. The first kappa shape index (κ1) is 19.2. The van der Waals surface area contributed by atoms with Crippen molar-refractivity contribution in [1.82, 2.24) is 0 Å². The molecule has 0 heterocycles. The number of amides is 1. The van der Waals surface area contributed by atoms with Crippen molar-refractivity contribution in [1.29, 1.82) is 0 Å². The number of carbonyl (C=O) groups excluding carboxylic acids is 2. The average Bonchev–Trinajstić information content (AvgIpc) is 2.68. The highest BCUT2D eigenvalue weighted by molar-refractivity contribution is 6.31. The van der Waals surface area contributed by atoms with Crippen LogP contribution >= 0.6 is 23.2 Å². The van der Waals surface area contributed by atoms with Gasteiger partial charge in [0, 0.05) is 21.3 Å². The molecule has 5 heteroatoms. The number of Topliss-reactive ketones (excluding diaryl/α,β-unsaturated/α-hetero) is 1. The Hall–Kier alpha value is -2.62. The molecule has 0 unspecified atom stereocenters. The lowest BCUT2D eigenvalue weighted by Gasteiger charge is -2.22. The first-order valence-electron chi connectivity index (χ1n) is 8.41. The molecule has 0 fully saturated rings. The summed E-state index contributed by atoms with van der Waals surface area (Å²) in [6.07, 6.45) is 0.206. The molecule has 0 radical (unpaired) electrons. The van der Waals surface area contributed by atoms with Gasteiger partial charge in [-0.25, -0.2) is 0 Å². The van der Waals surface area contributed by atoms with E-state index in [1.807, 2.05) is 30.3 Å². The van der Waals surface area contributed by atoms with E-state index in [9.17, 15) is 9.59 Å². The Bertz CT molecular complexity index is 923. The molecule has 0 bridgehead atoms. The summed E-state index contributed by atoms with van der Waals surface area (Å²) in [6.45, 7) is -0.0606. The zero-order chi connectivity index (χ0) is 19.2. The second-order valence-corrected chi connectivity index (χ2v) is 6.92. The van der Waals surface area contributed by atoms with E-state index in [0.29, 0.717) is 21.3 Å². The number of hydrogen-bond acceptors (Lipinski definition) is 2. The summed E-state index contributed by atoms with van der Waals surface area (Å²) < 4.78 is 0. The van der Waals surface area contributed by atoms with E-state index in [-0.39, 0.29) is 24.7 Å². The SMILES string of the molecule is O=C(CN(C(=O)Cc1ccccc1)c1ccc(Cl)cc1)c1ccc(Cl)cc1. The van der Waals surface area contributed by atoms with Crippen LogP contribution in [0.3, 0.4) is 0 Å². The summed E-state index contributed by atoms with van der Waals surface area (Å²) in [4.78, 5) is 27.1. The van der Waals surface area contributed by atoms with Crippen LogP contribution in [-0.4, -0.2) is 18.2 Å². The van der Waals surface area contributed by atoms with Gasteiger partial charge in [0.1, 0.15) is 0 Å². The van der Waals surface area contributed by atoms with E-state index in [1.54, 1.807) is 48.5 Å². The molecule has 0 saturated heterocycles. The standard InChI is InChI=1S/C22H17Cl2NO2/c23-18-8-6-17(7-9-18)21(26)15-25(20-12-10-19(24)11-13-20)22(27)14-16-4-2-1-3-5-16/h1-13H,14-15H2. The normalized spacial score (nSPS) is 10.4. The largest absolute Gasteiger partial charge is 0.304 e. The number of benzene rings is 3. The topological polar surface area (TPSA) is 37.4 Å². The van der Waals surface area contributed by atoms with Crippen LogP contribution in [-0.2, 0) is 11.2 Å². The van der Waals surface area contributed by atoms with Crippen molar-refractivity contribution in [2.45, 2.75) is 6.42 Å². The molecule has 0 saturated carbocycles. The molecule has 0 aliphatic carbocycles. The molecule has 1 amide bonds. The van der Waals surface area contributed by atoms with Gasteiger partial charge < -0.3 is 4.90 Å². The number of anilines is 1. The van der Waals surface area contributed by atoms with E-state index in [4.69, 9.17) is 23.2 Å². The molecule has 3 nitrogen and oxygen atoms in total. The van der Waals surface area contributed by atoms with E-state index >= 15 is 0 Å². The second-order valence-electron chi connectivity index (χ2n) is 6.05. The molecular weight excluding hydrogens is 381 g/mol. The van der Waals surface area contributed by atoms with Crippen molar-refractivity contribution in [3.05, 3.63) is 100 Å². The fraction of sp³-hybridized carbons (Fsp3) is 0.0909. The van der Waals surface area contributed by atoms with Gasteiger partial charge in [-0.3, -0.25) is 9.59 Å². The van der Waals surface area contributed by atoms with Gasteiger partial charge in [0.2, 0.25) is 5.91 Å². The van der Waals surface area contributed by atoms with Crippen LogP contribution in [0, 0.1) is 0 Å². The molecule has 0 aliphatic rings. The van der Waals surface area contributed by atoms with Crippen LogP contribution in [0.2, 0.25) is 10.0 Å². The van der Waals surface area contributed by atoms with Gasteiger partial charge >= 0.3 is 0 Å². The quantitative estimate of drug-likeness (QED) is 0.518. The predicted molar refractivity (Wildman–Crippen MR) is 110 cm³/mol. The van der Waals surface area contributed by atoms with E-state index in [0.717, 1.165) is 5.56 Å². The Morgan fingerprint density at radius 2 is 1.30 bits per heavy atom. The smallest absolute Gasteiger partial charge is 0.231 e. The van der Waals surface area contributed by atoms with Crippen molar-refractivity contribution in [2.75, 3.05) is 11.4 Å². The van der Waals surface area contributed by atoms with Gasteiger partial charge in [0.15, 0.2) is 5.78 Å². The fourth-order valence-corrected chi connectivity index (χ4v) is 2.93. The lowest BCUT2D eigenvalue weighted by atomic mass is 10.1. The maximum Gasteiger partial charge on any atom is 0.231 e. The van der Waals surface area contributed by atoms with Gasteiger partial charge in [-0.15, -0.1) is 0 Å². The third-order valence-electron chi connectivity index (χ3n) is 4.11. The van der Waals surface area contributed by atoms with Crippen LogP contribution in [0.4, 0.5) is 5.69 Å². The first-order chi connectivity index (χ1) is 13.0. The molecule has 3 aromatic rings. The Kier molecular flexibility index (Phi) is 6.28. The lowest BCUT2D eigenvalue weighted by Crippen LogP contribution is -2.36. The molecule has 27 heavy (non-hydrogen) atoms. The molecule has 3 aromatic carbocycles. The van der Waals surface area contributed by atoms with Gasteiger partial charge in [0.25, 0.3) is 0 Å². The summed E-state index contributed by atoms with van der Waals surface area (Å²) in [5.74, 6) is -0.325. The van der Waals surface area contributed by atoms with Crippen LogP contribution < -0.4 is 4.90 Å². The van der Waals surface area contributed by atoms with Gasteiger partial charge in [-0.05, 0) is 54.1 Å². The molecule has 0 aromatic heterocycles. The number of carbonyl (C=O) groups is 2. The molecule has 0 N–H and O–H groups in total. The monoisotopic (exact) mass is 397 g/mol. The molecule has 0 atom stereocenters. The van der Waals surface area contributed by atoms with Gasteiger partial charge in [0.05, 0.1) is 13.0 Å². The Balaban J connectivity index is 1.85. The highest BCUT2D eigenvalue weighted by Crippen LogP contribution is 2.20. The molecule has 0 aliphatic heterocycles. The van der Waals surface area contributed by atoms with E-state index in [1.165, 1.54) is 4.90 Å². The van der Waals surface area contributed by atoms with Crippen molar-refractivity contribution in [2.24, 2.45) is 0 Å². The molecule has 0 spiro atoms. The van der Waals surface area contributed by atoms with Crippen LogP contribution in [0.1, 0.15) is 15.9 Å².